The van der Waals surface area contributed by atoms with E-state index in [1.807, 2.05) is 21.7 Å². The van der Waals surface area contributed by atoms with Gasteiger partial charge in [-0.25, -0.2) is 0 Å². The van der Waals surface area contributed by atoms with Crippen LogP contribution in [0, 0.1) is 0 Å². The molecule has 1 atom stereocenters. The molecule has 0 saturated heterocycles. The van der Waals surface area contributed by atoms with Gasteiger partial charge in [0.15, 0.2) is 0 Å². The molecule has 0 heterocycles. The first-order valence-corrected chi connectivity index (χ1v) is 3.95. The quantitative estimate of drug-likeness (QED) is 0.569. The van der Waals surface area contributed by atoms with E-state index in [4.69, 9.17) is 0 Å². The highest BCUT2D eigenvalue weighted by atomic mass is 16.4. The molecule has 0 aliphatic heterocycles. The lowest BCUT2D eigenvalue weighted by Gasteiger charge is -2.45. The molecule has 0 aromatic carbocycles. The standard InChI is InChI=1S/C8H19BO2/c1-6(2,9)8(5,11)7(3,4)10/h10-11H,9H2,1-5H3. The zero-order valence-corrected chi connectivity index (χ0v) is 8.39. The van der Waals surface area contributed by atoms with Crippen molar-refractivity contribution in [1.29, 1.82) is 0 Å². The molecule has 1 unspecified atom stereocenters. The average molecular weight is 158 g/mol. The molecule has 0 radical (unpaired) electrons. The molecule has 0 aliphatic carbocycles. The first-order valence-electron chi connectivity index (χ1n) is 3.95. The molecule has 0 spiro atoms. The predicted octanol–water partition coefficient (Wildman–Crippen LogP) is 0.340. The molecule has 0 amide bonds. The van der Waals surface area contributed by atoms with Crippen LogP contribution >= 0.6 is 0 Å². The molecule has 2 nitrogen and oxygen atoms in total. The summed E-state index contributed by atoms with van der Waals surface area (Å²) in [5.41, 5.74) is -2.13. The van der Waals surface area contributed by atoms with Crippen LogP contribution in [0.3, 0.4) is 0 Å². The minimum atomic E-state index is -1.07. The number of hydrogen-bond acceptors (Lipinski definition) is 2. The fraction of sp³-hybridized carbons (Fsp3) is 1.00. The molecule has 0 aromatic rings. The molecule has 0 aromatic heterocycles. The van der Waals surface area contributed by atoms with Gasteiger partial charge in [-0.1, -0.05) is 13.8 Å². The summed E-state index contributed by atoms with van der Waals surface area (Å²) in [7, 11) is 1.91. The summed E-state index contributed by atoms with van der Waals surface area (Å²) in [4.78, 5) is 0. The van der Waals surface area contributed by atoms with Crippen LogP contribution in [0.1, 0.15) is 34.6 Å². The Labute approximate surface area is 70.0 Å². The third-order valence-electron chi connectivity index (χ3n) is 2.65. The maximum Gasteiger partial charge on any atom is 0.112 e. The molecular weight excluding hydrogens is 139 g/mol. The third kappa shape index (κ3) is 1.97. The van der Waals surface area contributed by atoms with Crippen LogP contribution in [-0.4, -0.2) is 29.3 Å². The van der Waals surface area contributed by atoms with Gasteiger partial charge in [-0.15, -0.1) is 0 Å². The number of hydrogen-bond donors (Lipinski definition) is 2. The van der Waals surface area contributed by atoms with Gasteiger partial charge in [0, 0.05) is 0 Å². The Morgan fingerprint density at radius 2 is 1.18 bits per heavy atom. The van der Waals surface area contributed by atoms with E-state index in [2.05, 4.69) is 0 Å². The van der Waals surface area contributed by atoms with Crippen molar-refractivity contribution in [1.82, 2.24) is 0 Å². The van der Waals surface area contributed by atoms with Crippen LogP contribution in [0.25, 0.3) is 0 Å². The highest BCUT2D eigenvalue weighted by Gasteiger charge is 2.46. The molecule has 2 N–H and O–H groups in total. The first-order chi connectivity index (χ1) is 4.50. The van der Waals surface area contributed by atoms with E-state index >= 15 is 0 Å². The monoisotopic (exact) mass is 158 g/mol. The lowest BCUT2D eigenvalue weighted by atomic mass is 9.56. The SMILES string of the molecule is BC(C)(C)C(C)(O)C(C)(C)O. The third-order valence-corrected chi connectivity index (χ3v) is 2.65. The summed E-state index contributed by atoms with van der Waals surface area (Å²) in [6.45, 7) is 8.72. The maximum atomic E-state index is 9.94. The van der Waals surface area contributed by atoms with Crippen LogP contribution < -0.4 is 0 Å². The van der Waals surface area contributed by atoms with E-state index in [9.17, 15) is 10.2 Å². The minimum absolute atomic E-state index is 0.314. The molecule has 3 heteroatoms. The van der Waals surface area contributed by atoms with Crippen LogP contribution in [0.15, 0.2) is 0 Å². The highest BCUT2D eigenvalue weighted by molar-refractivity contribution is 6.15. The Hall–Kier alpha value is -0.0151. The number of rotatable bonds is 2. The van der Waals surface area contributed by atoms with Crippen LogP contribution in [0.5, 0.6) is 0 Å². The van der Waals surface area contributed by atoms with Gasteiger partial charge < -0.3 is 10.2 Å². The zero-order chi connectivity index (χ0) is 9.50. The molecule has 66 valence electrons. The van der Waals surface area contributed by atoms with Crippen molar-refractivity contribution in [2.45, 2.75) is 51.1 Å². The Morgan fingerprint density at radius 3 is 1.18 bits per heavy atom. The average Bonchev–Trinajstić information content (AvgIpc) is 1.58. The fourth-order valence-corrected chi connectivity index (χ4v) is 0.918. The Balaban J connectivity index is 4.75. The summed E-state index contributed by atoms with van der Waals surface area (Å²) in [5.74, 6) is 0. The van der Waals surface area contributed by atoms with Gasteiger partial charge in [-0.2, -0.15) is 0 Å². The molecule has 0 saturated carbocycles. The van der Waals surface area contributed by atoms with E-state index in [0.717, 1.165) is 0 Å². The summed E-state index contributed by atoms with van der Waals surface area (Å²) in [5, 5.41) is 19.3. The summed E-state index contributed by atoms with van der Waals surface area (Å²) >= 11 is 0. The largest absolute Gasteiger partial charge is 0.387 e. The van der Waals surface area contributed by atoms with Gasteiger partial charge in [-0.3, -0.25) is 0 Å². The lowest BCUT2D eigenvalue weighted by molar-refractivity contribution is -0.139. The van der Waals surface area contributed by atoms with Crippen molar-refractivity contribution >= 4 is 7.85 Å². The van der Waals surface area contributed by atoms with Gasteiger partial charge in [0.25, 0.3) is 0 Å². The van der Waals surface area contributed by atoms with Crippen molar-refractivity contribution in [3.8, 4) is 0 Å². The van der Waals surface area contributed by atoms with Crippen molar-refractivity contribution in [2.24, 2.45) is 0 Å². The molecule has 0 fully saturated rings. The Kier molecular flexibility index (Phi) is 2.49. The smallest absolute Gasteiger partial charge is 0.112 e. The van der Waals surface area contributed by atoms with Crippen LogP contribution in [0.2, 0.25) is 5.31 Å². The Morgan fingerprint density at radius 1 is 0.909 bits per heavy atom. The first kappa shape index (κ1) is 11.0. The van der Waals surface area contributed by atoms with E-state index in [0.29, 0.717) is 0 Å². The topological polar surface area (TPSA) is 40.5 Å². The minimum Gasteiger partial charge on any atom is -0.387 e. The summed E-state index contributed by atoms with van der Waals surface area (Å²) in [6.07, 6.45) is 0. The van der Waals surface area contributed by atoms with Crippen molar-refractivity contribution in [3.63, 3.8) is 0 Å². The Bertz CT molecular complexity index is 123. The second kappa shape index (κ2) is 2.49. The molecule has 0 bridgehead atoms. The second-order valence-electron chi connectivity index (χ2n) is 4.88. The molecular formula is C8H19BO2. The van der Waals surface area contributed by atoms with Crippen LogP contribution in [0.4, 0.5) is 0 Å². The normalized spacial score (nSPS) is 19.5. The highest BCUT2D eigenvalue weighted by Crippen LogP contribution is 2.41. The lowest BCUT2D eigenvalue weighted by Crippen LogP contribution is -2.54. The molecule has 11 heavy (non-hydrogen) atoms. The van der Waals surface area contributed by atoms with E-state index < -0.39 is 11.2 Å². The second-order valence-corrected chi connectivity index (χ2v) is 4.88. The van der Waals surface area contributed by atoms with E-state index in [-0.39, 0.29) is 5.31 Å². The molecule has 0 aliphatic rings. The fourth-order valence-electron chi connectivity index (χ4n) is 0.918. The van der Waals surface area contributed by atoms with Gasteiger partial charge in [0.05, 0.1) is 11.2 Å². The maximum absolute atomic E-state index is 9.94. The number of aliphatic hydroxyl groups is 2. The van der Waals surface area contributed by atoms with Gasteiger partial charge in [-0.05, 0) is 26.1 Å². The van der Waals surface area contributed by atoms with Crippen molar-refractivity contribution < 1.29 is 10.2 Å². The van der Waals surface area contributed by atoms with Crippen molar-refractivity contribution in [3.05, 3.63) is 0 Å². The van der Waals surface area contributed by atoms with E-state index in [1.54, 1.807) is 20.8 Å². The van der Waals surface area contributed by atoms with E-state index in [1.165, 1.54) is 0 Å². The summed E-state index contributed by atoms with van der Waals surface area (Å²) < 4.78 is 0. The van der Waals surface area contributed by atoms with Gasteiger partial charge in [0.2, 0.25) is 0 Å². The van der Waals surface area contributed by atoms with Gasteiger partial charge >= 0.3 is 0 Å². The predicted molar refractivity (Wildman–Crippen MR) is 49.5 cm³/mol. The van der Waals surface area contributed by atoms with Crippen LogP contribution in [-0.2, 0) is 0 Å². The molecule has 0 rings (SSSR count). The summed E-state index contributed by atoms with van der Waals surface area (Å²) in [6, 6.07) is 0. The van der Waals surface area contributed by atoms with Crippen molar-refractivity contribution in [2.75, 3.05) is 0 Å². The van der Waals surface area contributed by atoms with Gasteiger partial charge in [0.1, 0.15) is 7.85 Å². The zero-order valence-electron chi connectivity index (χ0n) is 8.39.